The van der Waals surface area contributed by atoms with Crippen LogP contribution in [-0.2, 0) is 6.54 Å². The van der Waals surface area contributed by atoms with Gasteiger partial charge in [0.25, 0.3) is 5.91 Å². The predicted molar refractivity (Wildman–Crippen MR) is 66.5 cm³/mol. The number of hydrogen-bond acceptors (Lipinski definition) is 2. The second kappa shape index (κ2) is 4.03. The molecule has 0 saturated heterocycles. The monoisotopic (exact) mass is 224 g/mol. The molecule has 0 bridgehead atoms. The average Bonchev–Trinajstić information content (AvgIpc) is 2.40. The molecule has 2 aromatic carbocycles. The van der Waals surface area contributed by atoms with Gasteiger partial charge in [0.05, 0.1) is 5.69 Å². The summed E-state index contributed by atoms with van der Waals surface area (Å²) in [4.78, 5) is 12.3. The van der Waals surface area contributed by atoms with Crippen LogP contribution in [-0.4, -0.2) is 5.91 Å². The van der Waals surface area contributed by atoms with Gasteiger partial charge in [-0.05, 0) is 23.8 Å². The van der Waals surface area contributed by atoms with Crippen LogP contribution in [0, 0.1) is 0 Å². The molecule has 2 aromatic rings. The van der Waals surface area contributed by atoms with Crippen molar-refractivity contribution in [3.05, 3.63) is 65.7 Å². The predicted octanol–water partition coefficient (Wildman–Crippen LogP) is 2.35. The fourth-order valence-corrected chi connectivity index (χ4v) is 2.03. The Kier molecular flexibility index (Phi) is 2.38. The van der Waals surface area contributed by atoms with E-state index in [-0.39, 0.29) is 5.91 Å². The number of hydrazine groups is 1. The van der Waals surface area contributed by atoms with Crippen molar-refractivity contribution in [3.8, 4) is 0 Å². The highest BCUT2D eigenvalue weighted by molar-refractivity contribution is 6.07. The molecule has 0 unspecified atom stereocenters. The van der Waals surface area contributed by atoms with Gasteiger partial charge in [-0.3, -0.25) is 4.79 Å². The number of anilines is 1. The summed E-state index contributed by atoms with van der Waals surface area (Å²) in [6.07, 6.45) is 0. The van der Waals surface area contributed by atoms with Crippen LogP contribution in [0.25, 0.3) is 0 Å². The minimum Gasteiger partial charge on any atom is -0.267 e. The van der Waals surface area contributed by atoms with E-state index in [1.54, 1.807) is 5.01 Å². The van der Waals surface area contributed by atoms with Crippen LogP contribution >= 0.6 is 0 Å². The van der Waals surface area contributed by atoms with Gasteiger partial charge in [0.15, 0.2) is 0 Å². The van der Waals surface area contributed by atoms with Crippen LogP contribution in [0.2, 0.25) is 0 Å². The summed E-state index contributed by atoms with van der Waals surface area (Å²) in [6, 6.07) is 17.3. The maximum atomic E-state index is 12.3. The number of amides is 1. The fraction of sp³-hybridized carbons (Fsp3) is 0.0714. The molecule has 0 aliphatic carbocycles. The molecule has 1 N–H and O–H groups in total. The number of nitrogens with zero attached hydrogens (tertiary/aromatic N) is 1. The first-order valence-corrected chi connectivity index (χ1v) is 5.57. The number of rotatable bonds is 1. The van der Waals surface area contributed by atoms with E-state index in [4.69, 9.17) is 0 Å². The highest BCUT2D eigenvalue weighted by Gasteiger charge is 2.24. The Bertz CT molecular complexity index is 551. The van der Waals surface area contributed by atoms with Crippen LogP contribution < -0.4 is 10.4 Å². The van der Waals surface area contributed by atoms with Crippen molar-refractivity contribution < 1.29 is 4.79 Å². The zero-order valence-corrected chi connectivity index (χ0v) is 9.26. The molecule has 1 heterocycles. The Labute approximate surface area is 99.7 Å². The number of carbonyl (C=O) groups excluding carboxylic acids is 1. The first-order chi connectivity index (χ1) is 8.36. The van der Waals surface area contributed by atoms with Gasteiger partial charge in [-0.15, -0.1) is 0 Å². The molecule has 3 rings (SSSR count). The normalized spacial score (nSPS) is 14.6. The average molecular weight is 224 g/mol. The van der Waals surface area contributed by atoms with Gasteiger partial charge < -0.3 is 0 Å². The Hall–Kier alpha value is -2.13. The third-order valence-corrected chi connectivity index (χ3v) is 2.89. The molecule has 3 heteroatoms. The van der Waals surface area contributed by atoms with Gasteiger partial charge in [0.1, 0.15) is 0 Å². The summed E-state index contributed by atoms with van der Waals surface area (Å²) in [6.45, 7) is 0.677. The molecule has 0 atom stereocenters. The molecule has 0 saturated carbocycles. The summed E-state index contributed by atoms with van der Waals surface area (Å²) >= 11 is 0. The Balaban J connectivity index is 2.00. The van der Waals surface area contributed by atoms with Gasteiger partial charge >= 0.3 is 0 Å². The molecule has 1 aliphatic heterocycles. The van der Waals surface area contributed by atoms with Gasteiger partial charge in [-0.25, -0.2) is 10.4 Å². The highest BCUT2D eigenvalue weighted by atomic mass is 16.2. The standard InChI is InChI=1S/C14H12N2O/c17-14-13-9-5-4-6-11(13)10-15-16(14)12-7-2-1-3-8-12/h1-9,15H,10H2. The van der Waals surface area contributed by atoms with Crippen molar-refractivity contribution >= 4 is 11.6 Å². The van der Waals surface area contributed by atoms with Crippen molar-refractivity contribution in [1.82, 2.24) is 5.43 Å². The summed E-state index contributed by atoms with van der Waals surface area (Å²) < 4.78 is 0. The Morgan fingerprint density at radius 3 is 2.47 bits per heavy atom. The second-order valence-corrected chi connectivity index (χ2v) is 3.97. The number of hydrogen-bond donors (Lipinski definition) is 1. The topological polar surface area (TPSA) is 32.3 Å². The molecule has 1 aliphatic rings. The van der Waals surface area contributed by atoms with Crippen LogP contribution in [0.1, 0.15) is 15.9 Å². The molecule has 17 heavy (non-hydrogen) atoms. The maximum Gasteiger partial charge on any atom is 0.272 e. The van der Waals surface area contributed by atoms with Crippen LogP contribution in [0.5, 0.6) is 0 Å². The first kappa shape index (κ1) is 10.1. The smallest absolute Gasteiger partial charge is 0.267 e. The lowest BCUT2D eigenvalue weighted by atomic mass is 10.0. The van der Waals surface area contributed by atoms with Crippen molar-refractivity contribution in [1.29, 1.82) is 0 Å². The quantitative estimate of drug-likeness (QED) is 0.806. The van der Waals surface area contributed by atoms with Gasteiger partial charge in [-0.2, -0.15) is 0 Å². The lowest BCUT2D eigenvalue weighted by molar-refractivity contribution is 0.0964. The molecule has 0 spiro atoms. The summed E-state index contributed by atoms with van der Waals surface area (Å²) in [5, 5.41) is 1.60. The van der Waals surface area contributed by atoms with E-state index in [1.807, 2.05) is 54.6 Å². The van der Waals surface area contributed by atoms with Gasteiger partial charge in [0.2, 0.25) is 0 Å². The third-order valence-electron chi connectivity index (χ3n) is 2.89. The van der Waals surface area contributed by atoms with Crippen LogP contribution in [0.4, 0.5) is 5.69 Å². The number of nitrogens with one attached hydrogen (secondary N) is 1. The lowest BCUT2D eigenvalue weighted by Gasteiger charge is -2.29. The lowest BCUT2D eigenvalue weighted by Crippen LogP contribution is -2.46. The molecular formula is C14H12N2O. The summed E-state index contributed by atoms with van der Waals surface area (Å²) in [5.74, 6) is -0.00181. The molecular weight excluding hydrogens is 212 g/mol. The first-order valence-electron chi connectivity index (χ1n) is 5.57. The van der Waals surface area contributed by atoms with E-state index in [1.165, 1.54) is 0 Å². The number of carbonyl (C=O) groups is 1. The largest absolute Gasteiger partial charge is 0.272 e. The molecule has 84 valence electrons. The van der Waals surface area contributed by atoms with Gasteiger partial charge in [0, 0.05) is 12.1 Å². The number of para-hydroxylation sites is 1. The summed E-state index contributed by atoms with van der Waals surface area (Å²) in [7, 11) is 0. The Morgan fingerprint density at radius 2 is 1.65 bits per heavy atom. The number of benzene rings is 2. The molecule has 1 amide bonds. The van der Waals surface area contributed by atoms with E-state index < -0.39 is 0 Å². The highest BCUT2D eigenvalue weighted by Crippen LogP contribution is 2.21. The van der Waals surface area contributed by atoms with Crippen molar-refractivity contribution in [2.45, 2.75) is 6.54 Å². The van der Waals surface area contributed by atoms with E-state index >= 15 is 0 Å². The molecule has 0 radical (unpaired) electrons. The maximum absolute atomic E-state index is 12.3. The van der Waals surface area contributed by atoms with Crippen LogP contribution in [0.3, 0.4) is 0 Å². The number of fused-ring (bicyclic) bond motifs is 1. The van der Waals surface area contributed by atoms with E-state index in [2.05, 4.69) is 5.43 Å². The van der Waals surface area contributed by atoms with Crippen LogP contribution in [0.15, 0.2) is 54.6 Å². The minimum atomic E-state index is -0.00181. The van der Waals surface area contributed by atoms with Crippen molar-refractivity contribution in [3.63, 3.8) is 0 Å². The summed E-state index contributed by atoms with van der Waals surface area (Å²) in [5.41, 5.74) is 5.81. The van der Waals surface area contributed by atoms with Gasteiger partial charge in [-0.1, -0.05) is 36.4 Å². The molecule has 3 nitrogen and oxygen atoms in total. The molecule has 0 fully saturated rings. The molecule has 0 aromatic heterocycles. The van der Waals surface area contributed by atoms with Crippen molar-refractivity contribution in [2.24, 2.45) is 0 Å². The second-order valence-electron chi connectivity index (χ2n) is 3.97. The zero-order chi connectivity index (χ0) is 11.7. The van der Waals surface area contributed by atoms with E-state index in [9.17, 15) is 4.79 Å². The Morgan fingerprint density at radius 1 is 0.941 bits per heavy atom. The zero-order valence-electron chi connectivity index (χ0n) is 9.26. The van der Waals surface area contributed by atoms with Crippen molar-refractivity contribution in [2.75, 3.05) is 5.01 Å². The van der Waals surface area contributed by atoms with E-state index in [0.717, 1.165) is 16.8 Å². The SMILES string of the molecule is O=C1c2ccccc2CNN1c1ccccc1. The fourth-order valence-electron chi connectivity index (χ4n) is 2.03. The third kappa shape index (κ3) is 1.70. The van der Waals surface area contributed by atoms with E-state index in [0.29, 0.717) is 6.54 Å². The minimum absolute atomic E-state index is 0.00181.